The van der Waals surface area contributed by atoms with Gasteiger partial charge in [-0.2, -0.15) is 4.37 Å². The third kappa shape index (κ3) is 1.50. The molecule has 0 spiro atoms. The van der Waals surface area contributed by atoms with E-state index >= 15 is 0 Å². The number of aromatic amines is 1. The SMILES string of the molecule is Nc1nc2ccccc2c2nc(-c3ccsn3)[nH]c12. The molecule has 19 heavy (non-hydrogen) atoms. The number of benzene rings is 1. The zero-order valence-electron chi connectivity index (χ0n) is 9.79. The quantitative estimate of drug-likeness (QED) is 0.555. The summed E-state index contributed by atoms with van der Waals surface area (Å²) in [6.45, 7) is 0. The van der Waals surface area contributed by atoms with Crippen LogP contribution in [0.5, 0.6) is 0 Å². The molecule has 1 aromatic carbocycles. The van der Waals surface area contributed by atoms with Crippen molar-refractivity contribution >= 4 is 39.3 Å². The van der Waals surface area contributed by atoms with Gasteiger partial charge in [0.05, 0.1) is 5.52 Å². The van der Waals surface area contributed by atoms with Gasteiger partial charge in [-0.15, -0.1) is 0 Å². The highest BCUT2D eigenvalue weighted by Crippen LogP contribution is 2.28. The summed E-state index contributed by atoms with van der Waals surface area (Å²) >= 11 is 1.40. The Bertz CT molecular complexity index is 879. The van der Waals surface area contributed by atoms with Crippen molar-refractivity contribution in [2.75, 3.05) is 5.73 Å². The standard InChI is InChI=1S/C13H9N5S/c14-12-11-10(7-3-1-2-4-8(7)15-12)16-13(17-11)9-5-6-19-18-9/h1-6H,(H2,14,15)(H,16,17). The second kappa shape index (κ2) is 3.76. The molecule has 0 aliphatic carbocycles. The van der Waals surface area contributed by atoms with Crippen molar-refractivity contribution in [3.63, 3.8) is 0 Å². The minimum Gasteiger partial charge on any atom is -0.382 e. The maximum atomic E-state index is 5.99. The van der Waals surface area contributed by atoms with Crippen molar-refractivity contribution in [2.24, 2.45) is 0 Å². The van der Waals surface area contributed by atoms with E-state index in [1.807, 2.05) is 35.7 Å². The summed E-state index contributed by atoms with van der Waals surface area (Å²) < 4.78 is 4.28. The van der Waals surface area contributed by atoms with Gasteiger partial charge in [0.15, 0.2) is 5.82 Å². The number of hydrogen-bond acceptors (Lipinski definition) is 5. The Balaban J connectivity index is 2.12. The van der Waals surface area contributed by atoms with E-state index in [-0.39, 0.29) is 0 Å². The lowest BCUT2D eigenvalue weighted by Gasteiger charge is -1.99. The monoisotopic (exact) mass is 267 g/mol. The molecule has 0 atom stereocenters. The van der Waals surface area contributed by atoms with E-state index in [0.717, 1.165) is 33.5 Å². The van der Waals surface area contributed by atoms with Crippen molar-refractivity contribution in [1.82, 2.24) is 19.3 Å². The lowest BCUT2D eigenvalue weighted by atomic mass is 10.2. The number of anilines is 1. The summed E-state index contributed by atoms with van der Waals surface area (Å²) in [4.78, 5) is 12.2. The average Bonchev–Trinajstić information content (AvgIpc) is 3.08. The van der Waals surface area contributed by atoms with E-state index in [9.17, 15) is 0 Å². The highest BCUT2D eigenvalue weighted by Gasteiger charge is 2.13. The van der Waals surface area contributed by atoms with E-state index in [1.165, 1.54) is 11.5 Å². The Labute approximate surface area is 112 Å². The molecule has 3 aromatic heterocycles. The first-order chi connectivity index (χ1) is 9.33. The summed E-state index contributed by atoms with van der Waals surface area (Å²) in [5, 5.41) is 2.91. The molecule has 3 N–H and O–H groups in total. The Morgan fingerprint density at radius 3 is 2.84 bits per heavy atom. The van der Waals surface area contributed by atoms with Gasteiger partial charge in [-0.05, 0) is 23.7 Å². The van der Waals surface area contributed by atoms with Gasteiger partial charge in [-0.3, -0.25) is 0 Å². The number of pyridine rings is 1. The molecule has 0 unspecified atom stereocenters. The van der Waals surface area contributed by atoms with Gasteiger partial charge >= 0.3 is 0 Å². The lowest BCUT2D eigenvalue weighted by molar-refractivity contribution is 1.30. The van der Waals surface area contributed by atoms with E-state index in [0.29, 0.717) is 5.82 Å². The molecule has 6 heteroatoms. The maximum Gasteiger partial charge on any atom is 0.158 e. The average molecular weight is 267 g/mol. The summed E-state index contributed by atoms with van der Waals surface area (Å²) in [6.07, 6.45) is 0. The molecule has 0 fully saturated rings. The molecular weight excluding hydrogens is 258 g/mol. The first kappa shape index (κ1) is 10.5. The van der Waals surface area contributed by atoms with Gasteiger partial charge in [-0.1, -0.05) is 18.2 Å². The molecule has 4 rings (SSSR count). The topological polar surface area (TPSA) is 80.5 Å². The summed E-state index contributed by atoms with van der Waals surface area (Å²) in [5.74, 6) is 1.18. The second-order valence-electron chi connectivity index (χ2n) is 4.21. The molecule has 0 saturated carbocycles. The highest BCUT2D eigenvalue weighted by molar-refractivity contribution is 7.03. The van der Waals surface area contributed by atoms with Gasteiger partial charge in [0, 0.05) is 10.8 Å². The van der Waals surface area contributed by atoms with Crippen LogP contribution in [-0.2, 0) is 0 Å². The molecule has 0 aliphatic rings. The van der Waals surface area contributed by atoms with Crippen molar-refractivity contribution < 1.29 is 0 Å². The number of aromatic nitrogens is 4. The van der Waals surface area contributed by atoms with Gasteiger partial charge in [0.2, 0.25) is 0 Å². The van der Waals surface area contributed by atoms with Crippen molar-refractivity contribution in [3.8, 4) is 11.5 Å². The van der Waals surface area contributed by atoms with Crippen LogP contribution in [0.1, 0.15) is 0 Å². The van der Waals surface area contributed by atoms with E-state index in [4.69, 9.17) is 5.73 Å². The molecular formula is C13H9N5S. The number of para-hydroxylation sites is 1. The molecule has 0 aliphatic heterocycles. The third-order valence-corrected chi connectivity index (χ3v) is 3.60. The third-order valence-electron chi connectivity index (χ3n) is 3.04. The van der Waals surface area contributed by atoms with Crippen LogP contribution in [0.15, 0.2) is 35.7 Å². The molecule has 0 bridgehead atoms. The van der Waals surface area contributed by atoms with Gasteiger partial charge in [-0.25, -0.2) is 9.97 Å². The van der Waals surface area contributed by atoms with Crippen LogP contribution in [0.3, 0.4) is 0 Å². The predicted molar refractivity (Wildman–Crippen MR) is 76.9 cm³/mol. The molecule has 0 radical (unpaired) electrons. The van der Waals surface area contributed by atoms with Crippen LogP contribution in [0.25, 0.3) is 33.5 Å². The summed E-state index contributed by atoms with van der Waals surface area (Å²) in [6, 6.07) is 9.76. The van der Waals surface area contributed by atoms with Crippen LogP contribution >= 0.6 is 11.5 Å². The van der Waals surface area contributed by atoms with Crippen LogP contribution in [0.4, 0.5) is 5.82 Å². The number of fused-ring (bicyclic) bond motifs is 3. The van der Waals surface area contributed by atoms with Gasteiger partial charge in [0.1, 0.15) is 22.5 Å². The minimum atomic E-state index is 0.461. The number of hydrogen-bond donors (Lipinski definition) is 2. The highest BCUT2D eigenvalue weighted by atomic mass is 32.1. The van der Waals surface area contributed by atoms with Crippen LogP contribution in [0, 0.1) is 0 Å². The van der Waals surface area contributed by atoms with Crippen molar-refractivity contribution in [3.05, 3.63) is 35.7 Å². The van der Waals surface area contributed by atoms with Crippen LogP contribution in [0.2, 0.25) is 0 Å². The Morgan fingerprint density at radius 2 is 2.00 bits per heavy atom. The number of H-pyrrole nitrogens is 1. The molecule has 0 saturated heterocycles. The number of nitrogens with two attached hydrogens (primary N) is 1. The Hall–Kier alpha value is -2.47. The molecule has 92 valence electrons. The van der Waals surface area contributed by atoms with Gasteiger partial charge < -0.3 is 10.7 Å². The number of rotatable bonds is 1. The van der Waals surface area contributed by atoms with Crippen molar-refractivity contribution in [1.29, 1.82) is 0 Å². The van der Waals surface area contributed by atoms with E-state index in [2.05, 4.69) is 19.3 Å². The normalized spacial score (nSPS) is 11.4. The largest absolute Gasteiger partial charge is 0.382 e. The van der Waals surface area contributed by atoms with Crippen LogP contribution < -0.4 is 5.73 Å². The molecule has 3 heterocycles. The maximum absolute atomic E-state index is 5.99. The number of imidazole rings is 1. The second-order valence-corrected chi connectivity index (χ2v) is 4.87. The summed E-state index contributed by atoms with van der Waals surface area (Å²) in [5.41, 5.74) is 9.27. The number of nitrogens with one attached hydrogen (secondary N) is 1. The van der Waals surface area contributed by atoms with E-state index in [1.54, 1.807) is 0 Å². The fraction of sp³-hybridized carbons (Fsp3) is 0. The van der Waals surface area contributed by atoms with Crippen LogP contribution in [-0.4, -0.2) is 19.3 Å². The number of nitrogen functional groups attached to an aromatic ring is 1. The fourth-order valence-electron chi connectivity index (χ4n) is 2.17. The zero-order chi connectivity index (χ0) is 12.8. The lowest BCUT2D eigenvalue weighted by Crippen LogP contribution is -1.92. The number of nitrogens with zero attached hydrogens (tertiary/aromatic N) is 3. The first-order valence-electron chi connectivity index (χ1n) is 5.77. The Morgan fingerprint density at radius 1 is 1.11 bits per heavy atom. The summed E-state index contributed by atoms with van der Waals surface area (Å²) in [7, 11) is 0. The smallest absolute Gasteiger partial charge is 0.158 e. The minimum absolute atomic E-state index is 0.461. The van der Waals surface area contributed by atoms with Crippen molar-refractivity contribution in [2.45, 2.75) is 0 Å². The first-order valence-corrected chi connectivity index (χ1v) is 6.61. The van der Waals surface area contributed by atoms with Gasteiger partial charge in [0.25, 0.3) is 0 Å². The van der Waals surface area contributed by atoms with E-state index < -0.39 is 0 Å². The Kier molecular flexibility index (Phi) is 2.07. The predicted octanol–water partition coefficient (Wildman–Crippen LogP) is 2.82. The molecule has 4 aromatic rings. The fourth-order valence-corrected chi connectivity index (χ4v) is 2.68. The zero-order valence-corrected chi connectivity index (χ0v) is 10.6. The molecule has 5 nitrogen and oxygen atoms in total. The molecule has 0 amide bonds.